The van der Waals surface area contributed by atoms with E-state index in [0.717, 1.165) is 6.08 Å². The second kappa shape index (κ2) is 10.2. The number of hydrogen-bond donors (Lipinski definition) is 4. The number of aliphatic hydroxyl groups is 3. The molecule has 2 aromatic rings. The maximum Gasteiger partial charge on any atom is 0.206 e. The molecule has 1 heterocycles. The number of aliphatic hydroxyl groups excluding tert-OH is 3. The molecule has 5 aliphatic rings. The quantitative estimate of drug-likeness (QED) is 0.354. The van der Waals surface area contributed by atoms with Crippen LogP contribution in [-0.2, 0) is 24.1 Å². The number of ketones is 1. The average molecular weight is 658 g/mol. The lowest BCUT2D eigenvalue weighted by molar-refractivity contribution is -0.257. The van der Waals surface area contributed by atoms with Crippen molar-refractivity contribution in [2.75, 3.05) is 12.3 Å². The Morgan fingerprint density at radius 1 is 1.04 bits per heavy atom. The SMILES string of the molecule is C[C@]12C=CC(=O)C=C1[C@@H](F)C[C@H]1[C@@H]3C[C@H]4O[C@@H](c5ccc(S(=O)(=O)c6ccc(N)cc6)cc5)O[C@@]4(C(O)CO)[C@@]3(C)C[C@H](O)[C@@]12F. The van der Waals surface area contributed by atoms with E-state index in [0.29, 0.717) is 11.3 Å². The lowest BCUT2D eigenvalue weighted by Gasteiger charge is -2.63. The highest BCUT2D eigenvalue weighted by Crippen LogP contribution is 2.73. The van der Waals surface area contributed by atoms with Crippen LogP contribution < -0.4 is 5.73 Å². The molecule has 0 amide bonds. The van der Waals surface area contributed by atoms with Gasteiger partial charge in [0.2, 0.25) is 9.84 Å². The Labute approximate surface area is 265 Å². The van der Waals surface area contributed by atoms with Crippen LogP contribution in [0.3, 0.4) is 0 Å². The topological polar surface area (TPSA) is 156 Å². The third-order valence-corrected chi connectivity index (χ3v) is 13.6. The van der Waals surface area contributed by atoms with Crippen molar-refractivity contribution in [3.8, 4) is 0 Å². The molecule has 7 rings (SSSR count). The number of nitrogens with two attached hydrogens (primary N) is 1. The standard InChI is InChI=1S/C34H37F2NO8S/c1-31-12-11-20(39)13-25(31)26(35)14-24-23-15-29-34(28(41)17-38,32(23,2)16-27(40)33(24,31)36)45-30(44-29)18-3-7-21(8-4-18)46(42,43)22-9-5-19(37)6-10-22/h3-13,23-24,26-30,38,40-41H,14-17,37H2,1-2H3/t23-,24-,26-,27-,28?,29+,30+,31-,32-,33-,34+/m0/s1. The van der Waals surface area contributed by atoms with Gasteiger partial charge in [0.1, 0.15) is 17.9 Å². The van der Waals surface area contributed by atoms with Crippen LogP contribution in [0.5, 0.6) is 0 Å². The monoisotopic (exact) mass is 657 g/mol. The van der Waals surface area contributed by atoms with Gasteiger partial charge in [0.25, 0.3) is 0 Å². The first-order valence-corrected chi connectivity index (χ1v) is 16.9. The summed E-state index contributed by atoms with van der Waals surface area (Å²) in [5, 5.41) is 33.3. The van der Waals surface area contributed by atoms with E-state index in [2.05, 4.69) is 0 Å². The Balaban J connectivity index is 1.22. The molecule has 246 valence electrons. The fraction of sp³-hybridized carbons (Fsp3) is 0.500. The minimum Gasteiger partial charge on any atom is -0.399 e. The number of allylic oxidation sites excluding steroid dienone is 4. The molecule has 5 N–H and O–H groups in total. The Morgan fingerprint density at radius 2 is 1.67 bits per heavy atom. The number of fused-ring (bicyclic) bond motifs is 7. The molecule has 4 aliphatic carbocycles. The van der Waals surface area contributed by atoms with Gasteiger partial charge in [-0.15, -0.1) is 0 Å². The molecular formula is C34H37F2NO8S. The highest BCUT2D eigenvalue weighted by molar-refractivity contribution is 7.91. The van der Waals surface area contributed by atoms with Crippen molar-refractivity contribution >= 4 is 21.3 Å². The van der Waals surface area contributed by atoms with E-state index < -0.39 is 86.9 Å². The minimum atomic E-state index is -3.84. The lowest BCUT2D eigenvalue weighted by Crippen LogP contribution is -2.71. The summed E-state index contributed by atoms with van der Waals surface area (Å²) in [4.78, 5) is 12.2. The number of hydrogen-bond acceptors (Lipinski definition) is 9. The van der Waals surface area contributed by atoms with Crippen LogP contribution in [0.4, 0.5) is 14.5 Å². The van der Waals surface area contributed by atoms with Crippen molar-refractivity contribution in [3.63, 3.8) is 0 Å². The molecule has 0 spiro atoms. The predicted octanol–water partition coefficient (Wildman–Crippen LogP) is 3.54. The Bertz CT molecular complexity index is 1750. The Hall–Kier alpha value is -3.00. The fourth-order valence-electron chi connectivity index (χ4n) is 9.47. The van der Waals surface area contributed by atoms with Crippen LogP contribution in [0.2, 0.25) is 0 Å². The summed E-state index contributed by atoms with van der Waals surface area (Å²) in [6.45, 7) is 2.56. The van der Waals surface area contributed by atoms with E-state index in [1.165, 1.54) is 67.6 Å². The van der Waals surface area contributed by atoms with Crippen molar-refractivity contribution < 1.29 is 46.8 Å². The predicted molar refractivity (Wildman–Crippen MR) is 161 cm³/mol. The molecule has 1 aliphatic heterocycles. The van der Waals surface area contributed by atoms with Crippen molar-refractivity contribution in [1.82, 2.24) is 0 Å². The second-order valence-corrected chi connectivity index (χ2v) is 15.8. The molecule has 12 heteroatoms. The zero-order valence-corrected chi connectivity index (χ0v) is 26.2. The molecule has 0 aromatic heterocycles. The van der Waals surface area contributed by atoms with Gasteiger partial charge in [-0.1, -0.05) is 25.1 Å². The largest absolute Gasteiger partial charge is 0.399 e. The number of nitrogen functional groups attached to an aromatic ring is 1. The molecule has 2 aromatic carbocycles. The molecule has 3 saturated carbocycles. The van der Waals surface area contributed by atoms with Crippen molar-refractivity contribution in [2.45, 2.75) is 84.9 Å². The molecular weight excluding hydrogens is 620 g/mol. The first kappa shape index (κ1) is 31.6. The number of halogens is 2. The summed E-state index contributed by atoms with van der Waals surface area (Å²) < 4.78 is 72.7. The fourth-order valence-corrected chi connectivity index (χ4v) is 10.7. The lowest BCUT2D eigenvalue weighted by atomic mass is 9.44. The molecule has 11 atom stereocenters. The first-order valence-electron chi connectivity index (χ1n) is 15.4. The van der Waals surface area contributed by atoms with Crippen LogP contribution in [0.25, 0.3) is 0 Å². The van der Waals surface area contributed by atoms with E-state index in [1.807, 2.05) is 0 Å². The zero-order valence-electron chi connectivity index (χ0n) is 25.3. The van der Waals surface area contributed by atoms with Gasteiger partial charge in [0.15, 0.2) is 17.7 Å². The number of alkyl halides is 2. The van der Waals surface area contributed by atoms with Crippen LogP contribution in [0.1, 0.15) is 45.0 Å². The number of sulfone groups is 1. The van der Waals surface area contributed by atoms with Gasteiger partial charge < -0.3 is 30.5 Å². The van der Waals surface area contributed by atoms with Crippen LogP contribution in [0, 0.1) is 22.7 Å². The number of rotatable bonds is 5. The van der Waals surface area contributed by atoms with E-state index >= 15 is 8.78 Å². The number of carbonyl (C=O) groups is 1. The highest BCUT2D eigenvalue weighted by atomic mass is 32.2. The van der Waals surface area contributed by atoms with Crippen LogP contribution >= 0.6 is 0 Å². The first-order chi connectivity index (χ1) is 21.6. The van der Waals surface area contributed by atoms with Gasteiger partial charge in [-0.3, -0.25) is 4.79 Å². The van der Waals surface area contributed by atoms with E-state index in [4.69, 9.17) is 15.2 Å². The van der Waals surface area contributed by atoms with Crippen molar-refractivity contribution in [1.29, 1.82) is 0 Å². The number of benzene rings is 2. The molecule has 1 unspecified atom stereocenters. The van der Waals surface area contributed by atoms with Gasteiger partial charge >= 0.3 is 0 Å². The normalized spacial score (nSPS) is 42.1. The average Bonchev–Trinajstić information content (AvgIpc) is 3.53. The molecule has 4 fully saturated rings. The summed E-state index contributed by atoms with van der Waals surface area (Å²) in [6.07, 6.45) is -3.29. The Morgan fingerprint density at radius 3 is 2.30 bits per heavy atom. The smallest absolute Gasteiger partial charge is 0.206 e. The number of carbonyl (C=O) groups excluding carboxylic acids is 1. The number of ether oxygens (including phenoxy) is 2. The van der Waals surface area contributed by atoms with E-state index in [9.17, 15) is 28.5 Å². The van der Waals surface area contributed by atoms with Gasteiger partial charge in [-0.25, -0.2) is 17.2 Å². The summed E-state index contributed by atoms with van der Waals surface area (Å²) >= 11 is 0. The third kappa shape index (κ3) is 3.94. The molecule has 1 saturated heterocycles. The second-order valence-electron chi connectivity index (χ2n) is 13.8. The maximum absolute atomic E-state index is 17.6. The highest BCUT2D eigenvalue weighted by Gasteiger charge is 2.79. The van der Waals surface area contributed by atoms with E-state index in [1.54, 1.807) is 6.92 Å². The molecule has 0 radical (unpaired) electrons. The van der Waals surface area contributed by atoms with Gasteiger partial charge in [-0.2, -0.15) is 0 Å². The maximum atomic E-state index is 17.6. The Kier molecular flexibility index (Phi) is 7.04. The molecule has 46 heavy (non-hydrogen) atoms. The van der Waals surface area contributed by atoms with Crippen LogP contribution in [-0.4, -0.2) is 71.9 Å². The van der Waals surface area contributed by atoms with Gasteiger partial charge in [0, 0.05) is 28.0 Å². The molecule has 0 bridgehead atoms. The van der Waals surface area contributed by atoms with Crippen molar-refractivity contribution in [2.24, 2.45) is 22.7 Å². The summed E-state index contributed by atoms with van der Waals surface area (Å²) in [7, 11) is -3.84. The summed E-state index contributed by atoms with van der Waals surface area (Å²) in [5.74, 6) is -2.08. The van der Waals surface area contributed by atoms with Crippen molar-refractivity contribution in [3.05, 3.63) is 77.9 Å². The number of anilines is 1. The van der Waals surface area contributed by atoms with Gasteiger partial charge in [-0.05, 0) is 86.2 Å². The van der Waals surface area contributed by atoms with E-state index in [-0.39, 0.29) is 34.6 Å². The van der Waals surface area contributed by atoms with Gasteiger partial charge in [0.05, 0.1) is 28.6 Å². The summed E-state index contributed by atoms with van der Waals surface area (Å²) in [6, 6.07) is 11.8. The molecule has 9 nitrogen and oxygen atoms in total. The summed E-state index contributed by atoms with van der Waals surface area (Å²) in [5.41, 5.74) is -0.0673. The minimum absolute atomic E-state index is 0.0131. The van der Waals surface area contributed by atoms with Crippen LogP contribution in [0.15, 0.2) is 82.1 Å². The third-order valence-electron chi connectivity index (χ3n) is 11.8. The zero-order chi connectivity index (χ0) is 33.0.